The zero-order chi connectivity index (χ0) is 10.7. The molecule has 2 rings (SSSR count). The Bertz CT molecular complexity index is 312. The van der Waals surface area contributed by atoms with Gasteiger partial charge in [0, 0.05) is 19.5 Å². The maximum atomic E-state index is 5.40. The monoisotopic (exact) mass is 207 g/mol. The SMILES string of the molecule is COC1CCCC1Nc1ncc(C)cn1. The molecule has 1 aromatic heterocycles. The Kier molecular flexibility index (Phi) is 3.16. The minimum Gasteiger partial charge on any atom is -0.379 e. The number of hydrogen-bond acceptors (Lipinski definition) is 4. The van der Waals surface area contributed by atoms with Crippen molar-refractivity contribution in [3.05, 3.63) is 18.0 Å². The Morgan fingerprint density at radius 2 is 2.07 bits per heavy atom. The summed E-state index contributed by atoms with van der Waals surface area (Å²) in [6, 6.07) is 0.359. The summed E-state index contributed by atoms with van der Waals surface area (Å²) in [5.74, 6) is 0.703. The molecule has 1 heterocycles. The van der Waals surface area contributed by atoms with Crippen LogP contribution in [0, 0.1) is 6.92 Å². The summed E-state index contributed by atoms with van der Waals surface area (Å²) in [6.07, 6.45) is 7.42. The molecule has 0 aliphatic heterocycles. The molecule has 1 N–H and O–H groups in total. The number of aryl methyl sites for hydroxylation is 1. The van der Waals surface area contributed by atoms with Crippen molar-refractivity contribution in [3.63, 3.8) is 0 Å². The Labute approximate surface area is 90.1 Å². The molecule has 0 spiro atoms. The highest BCUT2D eigenvalue weighted by atomic mass is 16.5. The van der Waals surface area contributed by atoms with Crippen LogP contribution in [0.2, 0.25) is 0 Å². The first-order valence-corrected chi connectivity index (χ1v) is 5.37. The fraction of sp³-hybridized carbons (Fsp3) is 0.636. The van der Waals surface area contributed by atoms with Crippen molar-refractivity contribution < 1.29 is 4.74 Å². The molecule has 1 saturated carbocycles. The normalized spacial score (nSPS) is 25.5. The third-order valence-electron chi connectivity index (χ3n) is 2.85. The fourth-order valence-corrected chi connectivity index (χ4v) is 2.01. The molecule has 0 aromatic carbocycles. The molecular weight excluding hydrogens is 190 g/mol. The summed E-state index contributed by atoms with van der Waals surface area (Å²) in [4.78, 5) is 8.47. The van der Waals surface area contributed by atoms with Gasteiger partial charge in [-0.2, -0.15) is 0 Å². The molecule has 0 radical (unpaired) electrons. The van der Waals surface area contributed by atoms with Crippen LogP contribution in [-0.2, 0) is 4.74 Å². The van der Waals surface area contributed by atoms with Gasteiger partial charge in [-0.15, -0.1) is 0 Å². The lowest BCUT2D eigenvalue weighted by Gasteiger charge is -2.19. The van der Waals surface area contributed by atoms with Crippen molar-refractivity contribution in [2.45, 2.75) is 38.3 Å². The number of anilines is 1. The number of aromatic nitrogens is 2. The summed E-state index contributed by atoms with van der Waals surface area (Å²) in [7, 11) is 1.76. The lowest BCUT2D eigenvalue weighted by molar-refractivity contribution is 0.101. The summed E-state index contributed by atoms with van der Waals surface area (Å²) in [6.45, 7) is 1.98. The maximum absolute atomic E-state index is 5.40. The van der Waals surface area contributed by atoms with Gasteiger partial charge in [0.2, 0.25) is 5.95 Å². The Hall–Kier alpha value is -1.16. The van der Waals surface area contributed by atoms with E-state index in [1.807, 2.05) is 19.3 Å². The first-order chi connectivity index (χ1) is 7.29. The van der Waals surface area contributed by atoms with Crippen molar-refractivity contribution in [2.24, 2.45) is 0 Å². The molecule has 1 aliphatic carbocycles. The van der Waals surface area contributed by atoms with Crippen LogP contribution < -0.4 is 5.32 Å². The van der Waals surface area contributed by atoms with Gasteiger partial charge in [0.15, 0.2) is 0 Å². The number of nitrogens with one attached hydrogen (secondary N) is 1. The van der Waals surface area contributed by atoms with Crippen molar-refractivity contribution in [1.29, 1.82) is 0 Å². The molecule has 0 bridgehead atoms. The maximum Gasteiger partial charge on any atom is 0.222 e. The van der Waals surface area contributed by atoms with Gasteiger partial charge in [0.1, 0.15) is 0 Å². The number of hydrogen-bond donors (Lipinski definition) is 1. The second kappa shape index (κ2) is 4.57. The highest BCUT2D eigenvalue weighted by Gasteiger charge is 2.27. The third-order valence-corrected chi connectivity index (χ3v) is 2.85. The summed E-state index contributed by atoms with van der Waals surface area (Å²) >= 11 is 0. The Balaban J connectivity index is 1.99. The molecule has 1 aromatic rings. The summed E-state index contributed by atoms with van der Waals surface area (Å²) < 4.78 is 5.40. The van der Waals surface area contributed by atoms with E-state index in [4.69, 9.17) is 4.74 Å². The van der Waals surface area contributed by atoms with Crippen LogP contribution >= 0.6 is 0 Å². The van der Waals surface area contributed by atoms with Gasteiger partial charge >= 0.3 is 0 Å². The van der Waals surface area contributed by atoms with Crippen LogP contribution in [0.25, 0.3) is 0 Å². The van der Waals surface area contributed by atoms with Crippen molar-refractivity contribution in [1.82, 2.24) is 9.97 Å². The molecular formula is C11H17N3O. The molecule has 1 fully saturated rings. The number of rotatable bonds is 3. The molecule has 4 heteroatoms. The lowest BCUT2D eigenvalue weighted by Crippen LogP contribution is -2.30. The first kappa shape index (κ1) is 10.4. The van der Waals surface area contributed by atoms with E-state index >= 15 is 0 Å². The lowest BCUT2D eigenvalue weighted by atomic mass is 10.2. The van der Waals surface area contributed by atoms with E-state index in [2.05, 4.69) is 15.3 Å². The Morgan fingerprint density at radius 3 is 2.73 bits per heavy atom. The van der Waals surface area contributed by atoms with Crippen molar-refractivity contribution in [2.75, 3.05) is 12.4 Å². The quantitative estimate of drug-likeness (QED) is 0.820. The molecule has 2 atom stereocenters. The van der Waals surface area contributed by atoms with E-state index in [9.17, 15) is 0 Å². The smallest absolute Gasteiger partial charge is 0.222 e. The van der Waals surface area contributed by atoms with Gasteiger partial charge in [-0.05, 0) is 31.7 Å². The van der Waals surface area contributed by atoms with E-state index in [0.717, 1.165) is 18.4 Å². The average Bonchev–Trinajstić information content (AvgIpc) is 2.69. The second-order valence-electron chi connectivity index (χ2n) is 4.04. The van der Waals surface area contributed by atoms with Gasteiger partial charge in [-0.25, -0.2) is 9.97 Å². The minimum atomic E-state index is 0.301. The van der Waals surface area contributed by atoms with Gasteiger partial charge in [-0.1, -0.05) is 0 Å². The fourth-order valence-electron chi connectivity index (χ4n) is 2.01. The second-order valence-corrected chi connectivity index (χ2v) is 4.04. The van der Waals surface area contributed by atoms with Crippen LogP contribution in [0.15, 0.2) is 12.4 Å². The van der Waals surface area contributed by atoms with E-state index in [0.29, 0.717) is 18.1 Å². The van der Waals surface area contributed by atoms with Gasteiger partial charge in [-0.3, -0.25) is 0 Å². The summed E-state index contributed by atoms with van der Waals surface area (Å²) in [5.41, 5.74) is 1.08. The third kappa shape index (κ3) is 2.45. The Morgan fingerprint density at radius 1 is 1.33 bits per heavy atom. The predicted molar refractivity (Wildman–Crippen MR) is 58.8 cm³/mol. The zero-order valence-corrected chi connectivity index (χ0v) is 9.23. The van der Waals surface area contributed by atoms with Crippen molar-refractivity contribution >= 4 is 5.95 Å². The molecule has 0 saturated heterocycles. The van der Waals surface area contributed by atoms with Crippen LogP contribution in [0.1, 0.15) is 24.8 Å². The van der Waals surface area contributed by atoms with E-state index in [1.54, 1.807) is 7.11 Å². The van der Waals surface area contributed by atoms with Crippen LogP contribution in [0.3, 0.4) is 0 Å². The molecule has 82 valence electrons. The molecule has 4 nitrogen and oxygen atoms in total. The van der Waals surface area contributed by atoms with Crippen LogP contribution in [-0.4, -0.2) is 29.2 Å². The summed E-state index contributed by atoms with van der Waals surface area (Å²) in [5, 5.41) is 3.32. The minimum absolute atomic E-state index is 0.301. The predicted octanol–water partition coefficient (Wildman–Crippen LogP) is 1.76. The molecule has 1 aliphatic rings. The topological polar surface area (TPSA) is 47.0 Å². The van der Waals surface area contributed by atoms with Crippen molar-refractivity contribution in [3.8, 4) is 0 Å². The van der Waals surface area contributed by atoms with Gasteiger partial charge in [0.05, 0.1) is 12.1 Å². The number of methoxy groups -OCH3 is 1. The molecule has 15 heavy (non-hydrogen) atoms. The average molecular weight is 207 g/mol. The zero-order valence-electron chi connectivity index (χ0n) is 9.23. The van der Waals surface area contributed by atoms with Crippen LogP contribution in [0.5, 0.6) is 0 Å². The molecule has 2 unspecified atom stereocenters. The van der Waals surface area contributed by atoms with Gasteiger partial charge < -0.3 is 10.1 Å². The standard InChI is InChI=1S/C11H17N3O/c1-8-6-12-11(13-7-8)14-9-4-3-5-10(9)15-2/h6-7,9-10H,3-5H2,1-2H3,(H,12,13,14). The molecule has 0 amide bonds. The van der Waals surface area contributed by atoms with Gasteiger partial charge in [0.25, 0.3) is 0 Å². The van der Waals surface area contributed by atoms with Crippen LogP contribution in [0.4, 0.5) is 5.95 Å². The highest BCUT2D eigenvalue weighted by Crippen LogP contribution is 2.23. The highest BCUT2D eigenvalue weighted by molar-refractivity contribution is 5.27. The van der Waals surface area contributed by atoms with E-state index in [-0.39, 0.29) is 0 Å². The number of ether oxygens (including phenoxy) is 1. The number of nitrogens with zero attached hydrogens (tertiary/aromatic N) is 2. The first-order valence-electron chi connectivity index (χ1n) is 5.37. The van der Waals surface area contributed by atoms with E-state index in [1.165, 1.54) is 6.42 Å². The largest absolute Gasteiger partial charge is 0.379 e. The van der Waals surface area contributed by atoms with E-state index < -0.39 is 0 Å².